The molecule has 0 unspecified atom stereocenters. The minimum absolute atomic E-state index is 0.131. The van der Waals surface area contributed by atoms with Crippen molar-refractivity contribution < 1.29 is 17.6 Å². The van der Waals surface area contributed by atoms with E-state index in [4.69, 9.17) is 0 Å². The molecule has 4 aromatic rings. The summed E-state index contributed by atoms with van der Waals surface area (Å²) in [5.74, 6) is -3.20. The lowest BCUT2D eigenvalue weighted by Gasteiger charge is -2.15. The molecule has 33 heavy (non-hydrogen) atoms. The van der Waals surface area contributed by atoms with Gasteiger partial charge in [-0.2, -0.15) is 10.1 Å². The Kier molecular flexibility index (Phi) is 5.18. The number of hydrogen-bond donors (Lipinski definition) is 3. The Hall–Kier alpha value is -3.63. The maximum atomic E-state index is 13.9. The van der Waals surface area contributed by atoms with Crippen molar-refractivity contribution in [3.8, 4) is 11.1 Å². The molecule has 1 aliphatic rings. The smallest absolute Gasteiger partial charge is 0.267 e. The van der Waals surface area contributed by atoms with Crippen LogP contribution >= 0.6 is 0 Å². The molecule has 0 radical (unpaired) electrons. The summed E-state index contributed by atoms with van der Waals surface area (Å²) >= 11 is 0. The highest BCUT2D eigenvalue weighted by Crippen LogP contribution is 2.43. The summed E-state index contributed by atoms with van der Waals surface area (Å²) < 4.78 is 54.6. The molecule has 4 heterocycles. The number of rotatable bonds is 9. The number of fused-ring (bicyclic) bond motifs is 2. The molecule has 4 aromatic heterocycles. The molecule has 0 spiro atoms. The Morgan fingerprint density at radius 1 is 1.30 bits per heavy atom. The molecular weight excluding hydrogens is 438 g/mol. The highest BCUT2D eigenvalue weighted by Gasteiger charge is 2.46. The number of H-pyrrole nitrogens is 1. The molecule has 0 aromatic carbocycles. The normalized spacial score (nSPS) is 14.3. The van der Waals surface area contributed by atoms with Crippen molar-refractivity contribution in [2.45, 2.75) is 25.2 Å². The number of nitrogens with one attached hydrogen (secondary N) is 3. The first kappa shape index (κ1) is 21.2. The van der Waals surface area contributed by atoms with Gasteiger partial charge in [0.25, 0.3) is 12.3 Å². The first-order valence-electron chi connectivity index (χ1n) is 10.5. The maximum Gasteiger partial charge on any atom is 0.267 e. The van der Waals surface area contributed by atoms with Crippen molar-refractivity contribution in [2.75, 3.05) is 18.4 Å². The van der Waals surface area contributed by atoms with Crippen LogP contribution in [0.5, 0.6) is 0 Å². The average molecular weight is 459 g/mol. The number of aromatic nitrogens is 5. The number of halogens is 4. The van der Waals surface area contributed by atoms with Gasteiger partial charge in [-0.3, -0.25) is 0 Å². The third-order valence-corrected chi connectivity index (χ3v) is 5.72. The van der Waals surface area contributed by atoms with Crippen LogP contribution in [0.3, 0.4) is 0 Å². The Morgan fingerprint density at radius 2 is 2.12 bits per heavy atom. The van der Waals surface area contributed by atoms with E-state index in [2.05, 4.69) is 37.3 Å². The largest absolute Gasteiger partial charge is 0.379 e. The number of pyridine rings is 1. The van der Waals surface area contributed by atoms with Crippen molar-refractivity contribution in [3.05, 3.63) is 49.1 Å². The van der Waals surface area contributed by atoms with Crippen LogP contribution in [-0.2, 0) is 0 Å². The van der Waals surface area contributed by atoms with Crippen LogP contribution in [-0.4, -0.2) is 50.0 Å². The van der Waals surface area contributed by atoms with E-state index in [1.54, 1.807) is 29.3 Å². The SMILES string of the molecule is C=C(NCC(F)F)c1cnn2ccc(-c3c[nH]c4nc(NCC(F)(F)C5CC5)ncc34)cc12. The fraction of sp³-hybridized carbons (Fsp3) is 0.318. The monoisotopic (exact) mass is 459 g/mol. The van der Waals surface area contributed by atoms with E-state index < -0.39 is 31.4 Å². The van der Waals surface area contributed by atoms with Crippen LogP contribution in [0.1, 0.15) is 18.4 Å². The minimum atomic E-state index is -2.77. The number of alkyl halides is 4. The molecule has 5 rings (SSSR count). The van der Waals surface area contributed by atoms with E-state index in [-0.39, 0.29) is 5.95 Å². The summed E-state index contributed by atoms with van der Waals surface area (Å²) in [6.45, 7) is 2.84. The van der Waals surface area contributed by atoms with E-state index >= 15 is 0 Å². The lowest BCUT2D eigenvalue weighted by molar-refractivity contribution is -0.00831. The summed E-state index contributed by atoms with van der Waals surface area (Å²) in [7, 11) is 0. The third kappa shape index (κ3) is 4.22. The molecule has 0 saturated heterocycles. The van der Waals surface area contributed by atoms with Gasteiger partial charge in [0.2, 0.25) is 5.95 Å². The zero-order chi connectivity index (χ0) is 23.2. The van der Waals surface area contributed by atoms with E-state index in [0.29, 0.717) is 35.3 Å². The number of aromatic amines is 1. The van der Waals surface area contributed by atoms with Crippen LogP contribution in [0.2, 0.25) is 0 Å². The van der Waals surface area contributed by atoms with Gasteiger partial charge >= 0.3 is 0 Å². The molecule has 3 N–H and O–H groups in total. The van der Waals surface area contributed by atoms with Crippen molar-refractivity contribution in [1.82, 2.24) is 29.9 Å². The molecule has 0 bridgehead atoms. The van der Waals surface area contributed by atoms with Gasteiger partial charge in [-0.05, 0) is 30.5 Å². The maximum absolute atomic E-state index is 13.9. The molecule has 0 amide bonds. The molecule has 1 saturated carbocycles. The molecule has 7 nitrogen and oxygen atoms in total. The highest BCUT2D eigenvalue weighted by molar-refractivity contribution is 5.94. The molecule has 0 atom stereocenters. The van der Waals surface area contributed by atoms with Crippen LogP contribution in [0.4, 0.5) is 23.5 Å². The topological polar surface area (TPSA) is 82.9 Å². The summed E-state index contributed by atoms with van der Waals surface area (Å²) in [6, 6.07) is 3.71. The molecule has 1 fully saturated rings. The molecule has 0 aliphatic heterocycles. The number of anilines is 1. The Morgan fingerprint density at radius 3 is 2.88 bits per heavy atom. The van der Waals surface area contributed by atoms with Gasteiger partial charge in [-0.15, -0.1) is 0 Å². The average Bonchev–Trinajstić information content (AvgIpc) is 3.46. The summed E-state index contributed by atoms with van der Waals surface area (Å²) in [5.41, 5.74) is 3.78. The molecule has 1 aliphatic carbocycles. The number of nitrogens with zero attached hydrogens (tertiary/aromatic N) is 4. The molecule has 11 heteroatoms. The van der Waals surface area contributed by atoms with Gasteiger partial charge < -0.3 is 15.6 Å². The van der Waals surface area contributed by atoms with E-state index in [9.17, 15) is 17.6 Å². The predicted octanol–water partition coefficient (Wildman–Crippen LogP) is 4.56. The van der Waals surface area contributed by atoms with Crippen molar-refractivity contribution >= 4 is 28.2 Å². The Labute approximate surface area is 185 Å². The van der Waals surface area contributed by atoms with Gasteiger partial charge in [0.15, 0.2) is 0 Å². The van der Waals surface area contributed by atoms with Gasteiger partial charge in [0.1, 0.15) is 5.65 Å². The summed E-state index contributed by atoms with van der Waals surface area (Å²) in [4.78, 5) is 11.6. The standard InChI is InChI=1S/C22H21F4N7/c1-12(27-10-19(23)24)15-9-31-33-5-4-13(6-18(15)33)16-7-28-20-17(16)8-29-21(32-20)30-11-22(25,26)14-2-3-14/h4-9,14,19,27H,1-3,10-11H2,(H2,28,29,30,32). The zero-order valence-corrected chi connectivity index (χ0v) is 17.5. The molecular formula is C22H21F4N7. The van der Waals surface area contributed by atoms with Crippen molar-refractivity contribution in [3.63, 3.8) is 0 Å². The predicted molar refractivity (Wildman–Crippen MR) is 117 cm³/mol. The second kappa shape index (κ2) is 8.05. The summed E-state index contributed by atoms with van der Waals surface area (Å²) in [6.07, 6.45) is 5.26. The second-order valence-electron chi connectivity index (χ2n) is 8.10. The van der Waals surface area contributed by atoms with E-state index in [1.165, 1.54) is 0 Å². The fourth-order valence-corrected chi connectivity index (χ4v) is 3.75. The first-order valence-corrected chi connectivity index (χ1v) is 10.5. The Balaban J connectivity index is 1.41. The van der Waals surface area contributed by atoms with Crippen molar-refractivity contribution in [1.29, 1.82) is 0 Å². The second-order valence-corrected chi connectivity index (χ2v) is 8.10. The number of hydrogen-bond acceptors (Lipinski definition) is 5. The first-order chi connectivity index (χ1) is 15.8. The molecule has 172 valence electrons. The Bertz CT molecular complexity index is 1320. The lowest BCUT2D eigenvalue weighted by atomic mass is 10.1. The fourth-order valence-electron chi connectivity index (χ4n) is 3.75. The van der Waals surface area contributed by atoms with Crippen LogP contribution < -0.4 is 10.6 Å². The van der Waals surface area contributed by atoms with Crippen LogP contribution in [0, 0.1) is 5.92 Å². The minimum Gasteiger partial charge on any atom is -0.379 e. The van der Waals surface area contributed by atoms with Crippen LogP contribution in [0.15, 0.2) is 43.5 Å². The van der Waals surface area contributed by atoms with E-state index in [1.807, 2.05) is 12.1 Å². The van der Waals surface area contributed by atoms with Gasteiger partial charge in [0.05, 0.1) is 24.8 Å². The highest BCUT2D eigenvalue weighted by atomic mass is 19.3. The summed E-state index contributed by atoms with van der Waals surface area (Å²) in [5, 5.41) is 10.2. The van der Waals surface area contributed by atoms with Gasteiger partial charge in [0, 0.05) is 46.7 Å². The van der Waals surface area contributed by atoms with E-state index in [0.717, 1.165) is 16.5 Å². The quantitative estimate of drug-likeness (QED) is 0.320. The third-order valence-electron chi connectivity index (χ3n) is 5.72. The zero-order valence-electron chi connectivity index (χ0n) is 17.5. The lowest BCUT2D eigenvalue weighted by Crippen LogP contribution is -2.29. The van der Waals surface area contributed by atoms with Gasteiger partial charge in [-0.1, -0.05) is 6.58 Å². The van der Waals surface area contributed by atoms with Gasteiger partial charge in [-0.25, -0.2) is 27.1 Å². The van der Waals surface area contributed by atoms with Crippen LogP contribution in [0.25, 0.3) is 33.4 Å². The van der Waals surface area contributed by atoms with Crippen molar-refractivity contribution in [2.24, 2.45) is 5.92 Å².